The van der Waals surface area contributed by atoms with Crippen molar-refractivity contribution in [3.63, 3.8) is 0 Å². The van der Waals surface area contributed by atoms with Crippen molar-refractivity contribution in [2.75, 3.05) is 5.32 Å². The predicted molar refractivity (Wildman–Crippen MR) is 123 cm³/mol. The molecule has 0 saturated carbocycles. The standard InChI is InChI=1S/C23H18ClNS2/c1-14-7-3-6-10-21(14)25-16-11-12-19(20(24)13-16)22(26)23-18-9-5-4-8-17(18)15(2)27-23/h3-13,25H,1-2H3. The zero-order valence-electron chi connectivity index (χ0n) is 15.0. The van der Waals surface area contributed by atoms with E-state index < -0.39 is 0 Å². The number of fused-ring (bicyclic) bond motifs is 1. The van der Waals surface area contributed by atoms with E-state index in [-0.39, 0.29) is 0 Å². The van der Waals surface area contributed by atoms with E-state index >= 15 is 0 Å². The van der Waals surface area contributed by atoms with Crippen LogP contribution in [0.15, 0.2) is 66.7 Å². The van der Waals surface area contributed by atoms with Crippen LogP contribution in [0.1, 0.15) is 20.9 Å². The highest BCUT2D eigenvalue weighted by Gasteiger charge is 2.16. The number of hydrogen-bond donors (Lipinski definition) is 1. The zero-order valence-corrected chi connectivity index (χ0v) is 17.4. The summed E-state index contributed by atoms with van der Waals surface area (Å²) in [4.78, 5) is 3.19. The van der Waals surface area contributed by atoms with Gasteiger partial charge in [0.1, 0.15) is 0 Å². The van der Waals surface area contributed by atoms with Gasteiger partial charge in [0, 0.05) is 27.2 Å². The van der Waals surface area contributed by atoms with Crippen LogP contribution in [0.3, 0.4) is 0 Å². The van der Waals surface area contributed by atoms with Crippen LogP contribution < -0.4 is 5.32 Å². The molecule has 0 aliphatic heterocycles. The number of para-hydroxylation sites is 1. The van der Waals surface area contributed by atoms with Gasteiger partial charge in [-0.3, -0.25) is 0 Å². The lowest BCUT2D eigenvalue weighted by atomic mass is 10.1. The lowest BCUT2D eigenvalue weighted by molar-refractivity contribution is 1.43. The Hall–Kier alpha value is -2.20. The molecule has 4 rings (SSSR count). The van der Waals surface area contributed by atoms with Crippen LogP contribution in [0.5, 0.6) is 0 Å². The predicted octanol–water partition coefficient (Wildman–Crippen LogP) is 7.68. The summed E-state index contributed by atoms with van der Waals surface area (Å²) in [6, 6.07) is 22.6. The summed E-state index contributed by atoms with van der Waals surface area (Å²) in [6.07, 6.45) is 0. The number of halogens is 1. The maximum absolute atomic E-state index is 6.62. The Bertz CT molecular complexity index is 1160. The maximum atomic E-state index is 6.62. The van der Waals surface area contributed by atoms with E-state index in [9.17, 15) is 0 Å². The molecule has 0 atom stereocenters. The van der Waals surface area contributed by atoms with Crippen molar-refractivity contribution in [2.45, 2.75) is 13.8 Å². The van der Waals surface area contributed by atoms with Crippen LogP contribution in [-0.2, 0) is 0 Å². The third-order valence-electron chi connectivity index (χ3n) is 4.65. The van der Waals surface area contributed by atoms with E-state index in [4.69, 9.17) is 23.8 Å². The van der Waals surface area contributed by atoms with Crippen molar-refractivity contribution < 1.29 is 0 Å². The maximum Gasteiger partial charge on any atom is 0.0643 e. The molecule has 1 heterocycles. The van der Waals surface area contributed by atoms with E-state index in [0.717, 1.165) is 26.7 Å². The molecule has 27 heavy (non-hydrogen) atoms. The normalized spacial score (nSPS) is 10.9. The van der Waals surface area contributed by atoms with Crippen LogP contribution in [0.2, 0.25) is 5.02 Å². The fourth-order valence-corrected chi connectivity index (χ4v) is 5.02. The number of nitrogens with one attached hydrogen (secondary N) is 1. The SMILES string of the molecule is Cc1ccccc1Nc1ccc(C(=S)c2sc(C)c3ccccc23)c(Cl)c1. The molecule has 0 bridgehead atoms. The second-order valence-electron chi connectivity index (χ2n) is 6.50. The largest absolute Gasteiger partial charge is 0.355 e. The van der Waals surface area contributed by atoms with Crippen molar-refractivity contribution in [1.82, 2.24) is 0 Å². The van der Waals surface area contributed by atoms with Gasteiger partial charge in [-0.2, -0.15) is 0 Å². The molecule has 1 aromatic heterocycles. The molecule has 0 amide bonds. The van der Waals surface area contributed by atoms with Gasteiger partial charge >= 0.3 is 0 Å². The Kier molecular flexibility index (Phi) is 5.00. The molecule has 4 aromatic rings. The highest BCUT2D eigenvalue weighted by molar-refractivity contribution is 7.81. The number of thiophene rings is 1. The third-order valence-corrected chi connectivity index (χ3v) is 6.67. The minimum Gasteiger partial charge on any atom is -0.355 e. The van der Waals surface area contributed by atoms with Gasteiger partial charge in [-0.1, -0.05) is 66.3 Å². The van der Waals surface area contributed by atoms with E-state index in [1.807, 2.05) is 30.3 Å². The van der Waals surface area contributed by atoms with Crippen molar-refractivity contribution in [2.24, 2.45) is 0 Å². The number of thiocarbonyl (C=S) groups is 1. The lowest BCUT2D eigenvalue weighted by Crippen LogP contribution is -2.00. The Morgan fingerprint density at radius 2 is 1.63 bits per heavy atom. The molecule has 0 aliphatic rings. The van der Waals surface area contributed by atoms with Crippen LogP contribution in [0.25, 0.3) is 10.8 Å². The first kappa shape index (κ1) is 18.2. The van der Waals surface area contributed by atoms with Gasteiger partial charge in [0.05, 0.1) is 14.8 Å². The van der Waals surface area contributed by atoms with E-state index in [1.165, 1.54) is 21.2 Å². The lowest BCUT2D eigenvalue weighted by Gasteiger charge is -2.12. The zero-order chi connectivity index (χ0) is 19.0. The Balaban J connectivity index is 1.68. The summed E-state index contributed by atoms with van der Waals surface area (Å²) in [5.74, 6) is 0. The third kappa shape index (κ3) is 3.51. The van der Waals surface area contributed by atoms with Crippen LogP contribution in [-0.4, -0.2) is 4.86 Å². The van der Waals surface area contributed by atoms with Crippen LogP contribution >= 0.6 is 35.2 Å². The molecule has 0 fully saturated rings. The molecular weight excluding hydrogens is 390 g/mol. The molecule has 0 radical (unpaired) electrons. The fraction of sp³-hybridized carbons (Fsp3) is 0.0870. The topological polar surface area (TPSA) is 12.0 Å². The van der Waals surface area contributed by atoms with Crippen molar-refractivity contribution in [3.8, 4) is 0 Å². The molecule has 0 saturated heterocycles. The van der Waals surface area contributed by atoms with Gasteiger partial charge in [-0.05, 0) is 49.1 Å². The molecule has 1 nitrogen and oxygen atoms in total. The first-order valence-corrected chi connectivity index (χ1v) is 10.3. The van der Waals surface area contributed by atoms with Gasteiger partial charge < -0.3 is 5.32 Å². The first-order chi connectivity index (χ1) is 13.0. The molecular formula is C23H18ClNS2. The van der Waals surface area contributed by atoms with Crippen molar-refractivity contribution >= 4 is 62.2 Å². The number of anilines is 2. The highest BCUT2D eigenvalue weighted by atomic mass is 35.5. The van der Waals surface area contributed by atoms with E-state index in [1.54, 1.807) is 11.3 Å². The molecule has 4 heteroatoms. The number of rotatable bonds is 4. The quantitative estimate of drug-likeness (QED) is 0.275. The van der Waals surface area contributed by atoms with Crippen molar-refractivity contribution in [1.29, 1.82) is 0 Å². The minimum absolute atomic E-state index is 0.661. The van der Waals surface area contributed by atoms with Gasteiger partial charge in [0.25, 0.3) is 0 Å². The van der Waals surface area contributed by atoms with Crippen LogP contribution in [0, 0.1) is 13.8 Å². The number of benzene rings is 3. The average Bonchev–Trinajstić information content (AvgIpc) is 3.00. The Morgan fingerprint density at radius 1 is 0.926 bits per heavy atom. The second-order valence-corrected chi connectivity index (χ2v) is 8.54. The molecule has 0 unspecified atom stereocenters. The number of aryl methyl sites for hydroxylation is 2. The van der Waals surface area contributed by atoms with Gasteiger partial charge in [-0.15, -0.1) is 11.3 Å². The monoisotopic (exact) mass is 407 g/mol. The molecule has 134 valence electrons. The highest BCUT2D eigenvalue weighted by Crippen LogP contribution is 2.35. The smallest absolute Gasteiger partial charge is 0.0643 e. The van der Waals surface area contributed by atoms with Gasteiger partial charge in [0.2, 0.25) is 0 Å². The summed E-state index contributed by atoms with van der Waals surface area (Å²) >= 11 is 14.2. The molecule has 3 aromatic carbocycles. The van der Waals surface area contributed by atoms with E-state index in [0.29, 0.717) is 5.02 Å². The van der Waals surface area contributed by atoms with Crippen LogP contribution in [0.4, 0.5) is 11.4 Å². The van der Waals surface area contributed by atoms with E-state index in [2.05, 4.69) is 55.6 Å². The Morgan fingerprint density at radius 3 is 2.37 bits per heavy atom. The molecule has 0 aliphatic carbocycles. The second kappa shape index (κ2) is 7.43. The summed E-state index contributed by atoms with van der Waals surface area (Å²) < 4.78 is 0. The molecule has 0 spiro atoms. The minimum atomic E-state index is 0.661. The van der Waals surface area contributed by atoms with Gasteiger partial charge in [0.15, 0.2) is 0 Å². The Labute approximate surface area is 173 Å². The summed E-state index contributed by atoms with van der Waals surface area (Å²) in [5, 5.41) is 6.54. The van der Waals surface area contributed by atoms with Gasteiger partial charge in [-0.25, -0.2) is 0 Å². The fourth-order valence-electron chi connectivity index (χ4n) is 3.19. The van der Waals surface area contributed by atoms with Crippen molar-refractivity contribution in [3.05, 3.63) is 92.6 Å². The average molecular weight is 408 g/mol. The summed E-state index contributed by atoms with van der Waals surface area (Å²) in [6.45, 7) is 4.22. The summed E-state index contributed by atoms with van der Waals surface area (Å²) in [5.41, 5.74) is 4.11. The first-order valence-electron chi connectivity index (χ1n) is 8.69. The molecule has 1 N–H and O–H groups in total. The summed E-state index contributed by atoms with van der Waals surface area (Å²) in [7, 11) is 0. The number of hydrogen-bond acceptors (Lipinski definition) is 3.